The Morgan fingerprint density at radius 2 is 0.475 bits per heavy atom. The van der Waals surface area contributed by atoms with Crippen LogP contribution in [-0.4, -0.2) is 108 Å². The molecule has 0 aliphatic heterocycles. The lowest BCUT2D eigenvalue weighted by Crippen LogP contribution is -2.77. The fourth-order valence-corrected chi connectivity index (χ4v) is 15.9. The fourth-order valence-electron chi connectivity index (χ4n) is 5.63. The van der Waals surface area contributed by atoms with Gasteiger partial charge in [-0.2, -0.15) is 0 Å². The summed E-state index contributed by atoms with van der Waals surface area (Å²) in [5, 5.41) is 0. The first-order valence-corrected chi connectivity index (χ1v) is 21.2. The summed E-state index contributed by atoms with van der Waals surface area (Å²) in [7, 11) is -9.91. The topological polar surface area (TPSA) is 86.3 Å². The smallest absolute Gasteiger partial charge is 0.373 e. The maximum Gasteiger partial charge on any atom is 0.519 e. The Balaban J connectivity index is 7.82. The molecule has 0 unspecified atom stereocenters. The summed E-state index contributed by atoms with van der Waals surface area (Å²) in [5.41, 5.74) is -0.740. The predicted octanol–water partition coefficient (Wildman–Crippen LogP) is 5.39. The van der Waals surface area contributed by atoms with Crippen LogP contribution in [0.15, 0.2) is 0 Å². The molecular weight excluding hydrogens is 567 g/mol. The average molecular weight is 630 g/mol. The summed E-state index contributed by atoms with van der Waals surface area (Å²) < 4.78 is 59.0. The molecular formula is C27H63NO9Si3. The van der Waals surface area contributed by atoms with Crippen LogP contribution in [0.5, 0.6) is 0 Å². The van der Waals surface area contributed by atoms with E-state index < -0.39 is 26.4 Å². The zero-order chi connectivity index (χ0) is 30.7. The molecule has 0 spiro atoms. The highest BCUT2D eigenvalue weighted by atomic mass is 28.4. The number of hydrogen-bond donors (Lipinski definition) is 0. The molecule has 0 amide bonds. The van der Waals surface area contributed by atoms with Crippen molar-refractivity contribution in [1.29, 1.82) is 0 Å². The molecule has 3 atom stereocenters. The van der Waals surface area contributed by atoms with E-state index in [2.05, 4.69) is 25.7 Å². The van der Waals surface area contributed by atoms with Crippen molar-refractivity contribution in [1.82, 2.24) is 4.90 Å². The van der Waals surface area contributed by atoms with Crippen LogP contribution in [-0.2, 0) is 39.8 Å². The van der Waals surface area contributed by atoms with E-state index in [1.807, 2.05) is 62.3 Å². The van der Waals surface area contributed by atoms with Crippen molar-refractivity contribution in [3.8, 4) is 0 Å². The van der Waals surface area contributed by atoms with E-state index in [0.717, 1.165) is 0 Å². The Hall–Kier alpha value is 0.251. The molecule has 0 saturated carbocycles. The predicted molar refractivity (Wildman–Crippen MR) is 166 cm³/mol. The summed E-state index contributed by atoms with van der Waals surface area (Å²) in [6, 6.07) is 0. The van der Waals surface area contributed by atoms with Gasteiger partial charge in [-0.25, -0.2) is 0 Å². The van der Waals surface area contributed by atoms with Gasteiger partial charge in [-0.1, -0.05) is 20.8 Å². The van der Waals surface area contributed by atoms with Gasteiger partial charge in [0.25, 0.3) is 0 Å². The third-order valence-electron chi connectivity index (χ3n) is 6.57. The molecule has 0 aromatic heterocycles. The molecule has 10 nitrogen and oxygen atoms in total. The van der Waals surface area contributed by atoms with Gasteiger partial charge < -0.3 is 39.8 Å². The maximum absolute atomic E-state index is 6.56. The van der Waals surface area contributed by atoms with Crippen LogP contribution in [0.25, 0.3) is 0 Å². The van der Waals surface area contributed by atoms with Crippen molar-refractivity contribution in [3.05, 3.63) is 0 Å². The molecule has 0 fully saturated rings. The monoisotopic (exact) mass is 629 g/mol. The van der Waals surface area contributed by atoms with Crippen LogP contribution in [0.1, 0.15) is 102 Å². The lowest BCUT2D eigenvalue weighted by atomic mass is 10.3. The Bertz CT molecular complexity index is 492. The summed E-state index contributed by atoms with van der Waals surface area (Å²) in [6.45, 7) is 28.6. The minimum absolute atomic E-state index is 0.247. The van der Waals surface area contributed by atoms with Gasteiger partial charge in [0.05, 0.1) is 17.0 Å². The first-order chi connectivity index (χ1) is 19.3. The van der Waals surface area contributed by atoms with Gasteiger partial charge in [-0.3, -0.25) is 4.90 Å². The summed E-state index contributed by atoms with van der Waals surface area (Å²) in [4.78, 5) is 2.44. The number of nitrogens with zero attached hydrogens (tertiary/aromatic N) is 1. The molecule has 0 heterocycles. The summed E-state index contributed by atoms with van der Waals surface area (Å²) in [6.07, 6.45) is 2.13. The second-order valence-electron chi connectivity index (χ2n) is 8.93. The highest BCUT2D eigenvalue weighted by Crippen LogP contribution is 2.37. The van der Waals surface area contributed by atoms with E-state index >= 15 is 0 Å². The van der Waals surface area contributed by atoms with E-state index in [1.165, 1.54) is 0 Å². The van der Waals surface area contributed by atoms with Gasteiger partial charge in [0, 0.05) is 59.5 Å². The van der Waals surface area contributed by atoms with Gasteiger partial charge in [-0.15, -0.1) is 0 Å². The van der Waals surface area contributed by atoms with E-state index in [1.54, 1.807) is 0 Å². The Labute approximate surface area is 249 Å². The number of rotatable bonds is 27. The quantitative estimate of drug-likeness (QED) is 0.110. The zero-order valence-corrected chi connectivity index (χ0v) is 30.8. The standard InChI is InChI=1S/C27H63NO9Si3/c1-13-25(38(29-16-4,30-17-5)31-18-6)28(26(14-2)39(32-19-7,33-20-8)34-21-9)27(15-3)40(35-22-10,36-23-11)37-24-12/h25-27H,13-24H2,1-12H3/t25-,26-,27+/m1/s1. The first kappa shape index (κ1) is 40.3. The van der Waals surface area contributed by atoms with Crippen LogP contribution in [0.4, 0.5) is 0 Å². The van der Waals surface area contributed by atoms with Crippen LogP contribution in [0.3, 0.4) is 0 Å². The van der Waals surface area contributed by atoms with Crippen LogP contribution in [0, 0.1) is 0 Å². The minimum Gasteiger partial charge on any atom is -0.373 e. The first-order valence-electron chi connectivity index (χ1n) is 15.8. The molecule has 0 saturated heterocycles. The second-order valence-corrected chi connectivity index (χ2v) is 17.1. The molecule has 0 radical (unpaired) electrons. The molecule has 0 N–H and O–H groups in total. The zero-order valence-electron chi connectivity index (χ0n) is 27.8. The average Bonchev–Trinajstić information content (AvgIpc) is 2.91. The molecule has 0 bridgehead atoms. The Morgan fingerprint density at radius 3 is 0.575 bits per heavy atom. The lowest BCUT2D eigenvalue weighted by Gasteiger charge is -2.52. The minimum atomic E-state index is -3.30. The maximum atomic E-state index is 6.56. The van der Waals surface area contributed by atoms with Gasteiger partial charge in [0.15, 0.2) is 0 Å². The van der Waals surface area contributed by atoms with Crippen LogP contribution in [0.2, 0.25) is 0 Å². The highest BCUT2D eigenvalue weighted by molar-refractivity contribution is 6.66. The van der Waals surface area contributed by atoms with Crippen molar-refractivity contribution < 1.29 is 39.8 Å². The van der Waals surface area contributed by atoms with Gasteiger partial charge >= 0.3 is 26.4 Å². The van der Waals surface area contributed by atoms with Crippen LogP contribution >= 0.6 is 0 Å². The third-order valence-corrected chi connectivity index (χ3v) is 17.4. The van der Waals surface area contributed by atoms with E-state index in [4.69, 9.17) is 39.8 Å². The normalized spacial score (nSPS) is 15.5. The molecule has 0 aromatic carbocycles. The van der Waals surface area contributed by atoms with E-state index in [0.29, 0.717) is 78.7 Å². The van der Waals surface area contributed by atoms with E-state index in [9.17, 15) is 0 Å². The van der Waals surface area contributed by atoms with E-state index in [-0.39, 0.29) is 17.0 Å². The van der Waals surface area contributed by atoms with Gasteiger partial charge in [-0.05, 0) is 81.6 Å². The summed E-state index contributed by atoms with van der Waals surface area (Å²) in [5.74, 6) is 0. The third kappa shape index (κ3) is 10.2. The molecule has 0 aliphatic carbocycles. The number of hydrogen-bond acceptors (Lipinski definition) is 10. The van der Waals surface area contributed by atoms with Crippen molar-refractivity contribution in [2.75, 3.05) is 59.5 Å². The SMILES string of the molecule is CCO[Si](OCC)(OCC)[C@H](CC)N([C@@H](CC)[Si](OCC)(OCC)OCC)[C@H](CC)[Si](OCC)(OCC)OCC. The van der Waals surface area contributed by atoms with Crippen molar-refractivity contribution in [3.63, 3.8) is 0 Å². The molecule has 13 heteroatoms. The Morgan fingerprint density at radius 1 is 0.325 bits per heavy atom. The molecule has 0 aromatic rings. The fraction of sp³-hybridized carbons (Fsp3) is 1.00. The van der Waals surface area contributed by atoms with Crippen molar-refractivity contribution in [2.24, 2.45) is 0 Å². The van der Waals surface area contributed by atoms with Gasteiger partial charge in [0.1, 0.15) is 0 Å². The molecule has 40 heavy (non-hydrogen) atoms. The lowest BCUT2D eigenvalue weighted by molar-refractivity contribution is -0.0258. The summed E-state index contributed by atoms with van der Waals surface area (Å²) >= 11 is 0. The second kappa shape index (κ2) is 21.9. The van der Waals surface area contributed by atoms with Crippen LogP contribution < -0.4 is 0 Å². The highest BCUT2D eigenvalue weighted by Gasteiger charge is 2.64. The van der Waals surface area contributed by atoms with Gasteiger partial charge in [0.2, 0.25) is 0 Å². The Kier molecular flexibility index (Phi) is 22.0. The largest absolute Gasteiger partial charge is 0.519 e. The molecule has 0 rings (SSSR count). The molecule has 242 valence electrons. The molecule has 0 aliphatic rings. The van der Waals surface area contributed by atoms with Crippen molar-refractivity contribution in [2.45, 2.75) is 119 Å². The van der Waals surface area contributed by atoms with Crippen molar-refractivity contribution >= 4 is 26.4 Å².